The van der Waals surface area contributed by atoms with Gasteiger partial charge in [0.05, 0.1) is 4.47 Å². The summed E-state index contributed by atoms with van der Waals surface area (Å²) in [5.74, 6) is -0.585. The SMILES string of the molecule is O=C(c1ccsc1)c1cccc(F)c1Br. The van der Waals surface area contributed by atoms with Crippen molar-refractivity contribution in [1.29, 1.82) is 0 Å². The van der Waals surface area contributed by atoms with Crippen molar-refractivity contribution in [2.24, 2.45) is 0 Å². The molecule has 1 heterocycles. The minimum Gasteiger partial charge on any atom is -0.289 e. The molecule has 0 saturated heterocycles. The topological polar surface area (TPSA) is 17.1 Å². The van der Waals surface area contributed by atoms with Gasteiger partial charge in [0, 0.05) is 16.5 Å². The van der Waals surface area contributed by atoms with E-state index in [1.54, 1.807) is 17.5 Å². The highest BCUT2D eigenvalue weighted by atomic mass is 79.9. The van der Waals surface area contributed by atoms with Crippen molar-refractivity contribution >= 4 is 33.0 Å². The zero-order chi connectivity index (χ0) is 10.8. The van der Waals surface area contributed by atoms with Gasteiger partial charge in [-0.25, -0.2) is 4.39 Å². The molecule has 2 rings (SSSR count). The third kappa shape index (κ3) is 2.01. The van der Waals surface area contributed by atoms with Crippen molar-refractivity contribution in [2.45, 2.75) is 0 Å². The number of hydrogen-bond donors (Lipinski definition) is 0. The molecule has 2 aromatic rings. The van der Waals surface area contributed by atoms with Crippen molar-refractivity contribution in [3.63, 3.8) is 0 Å². The molecule has 1 nitrogen and oxygen atoms in total. The second-order valence-electron chi connectivity index (χ2n) is 2.94. The first-order valence-electron chi connectivity index (χ1n) is 4.21. The van der Waals surface area contributed by atoms with Gasteiger partial charge in [0.25, 0.3) is 0 Å². The van der Waals surface area contributed by atoms with Gasteiger partial charge in [-0.15, -0.1) is 0 Å². The van der Waals surface area contributed by atoms with E-state index in [0.29, 0.717) is 11.1 Å². The number of benzene rings is 1. The molecule has 0 amide bonds. The molecule has 0 aliphatic heterocycles. The fourth-order valence-electron chi connectivity index (χ4n) is 1.23. The van der Waals surface area contributed by atoms with Gasteiger partial charge in [0.1, 0.15) is 5.82 Å². The summed E-state index contributed by atoms with van der Waals surface area (Å²) in [5.41, 5.74) is 0.944. The number of rotatable bonds is 2. The molecule has 0 saturated carbocycles. The van der Waals surface area contributed by atoms with Crippen molar-refractivity contribution in [3.05, 3.63) is 56.4 Å². The Hall–Kier alpha value is -1.00. The Kier molecular flexibility index (Phi) is 2.98. The normalized spacial score (nSPS) is 10.3. The second-order valence-corrected chi connectivity index (χ2v) is 4.52. The smallest absolute Gasteiger partial charge is 0.195 e. The van der Waals surface area contributed by atoms with Crippen LogP contribution in [-0.2, 0) is 0 Å². The quantitative estimate of drug-likeness (QED) is 0.765. The highest BCUT2D eigenvalue weighted by Crippen LogP contribution is 2.23. The van der Waals surface area contributed by atoms with Gasteiger partial charge in [-0.2, -0.15) is 11.3 Å². The van der Waals surface area contributed by atoms with Gasteiger partial charge in [-0.1, -0.05) is 6.07 Å². The summed E-state index contributed by atoms with van der Waals surface area (Å²) in [6, 6.07) is 6.17. The average molecular weight is 285 g/mol. The number of carbonyl (C=O) groups is 1. The first-order valence-corrected chi connectivity index (χ1v) is 5.94. The van der Waals surface area contributed by atoms with Crippen molar-refractivity contribution in [2.75, 3.05) is 0 Å². The van der Waals surface area contributed by atoms with Crippen LogP contribution >= 0.6 is 27.3 Å². The molecule has 15 heavy (non-hydrogen) atoms. The van der Waals surface area contributed by atoms with Crippen molar-refractivity contribution in [3.8, 4) is 0 Å². The highest BCUT2D eigenvalue weighted by molar-refractivity contribution is 9.10. The Morgan fingerprint density at radius 1 is 1.33 bits per heavy atom. The van der Waals surface area contributed by atoms with Crippen LogP contribution in [0.1, 0.15) is 15.9 Å². The van der Waals surface area contributed by atoms with E-state index in [2.05, 4.69) is 15.9 Å². The average Bonchev–Trinajstić information content (AvgIpc) is 2.74. The zero-order valence-corrected chi connectivity index (χ0v) is 9.94. The van der Waals surface area contributed by atoms with Crippen LogP contribution in [0.5, 0.6) is 0 Å². The van der Waals surface area contributed by atoms with E-state index in [1.165, 1.54) is 23.5 Å². The molecule has 0 bridgehead atoms. The third-order valence-corrected chi connectivity index (χ3v) is 3.47. The van der Waals surface area contributed by atoms with Gasteiger partial charge in [-0.05, 0) is 39.5 Å². The summed E-state index contributed by atoms with van der Waals surface area (Å²) in [4.78, 5) is 11.9. The molecule has 1 aromatic carbocycles. The Morgan fingerprint density at radius 2 is 2.13 bits per heavy atom. The van der Waals surface area contributed by atoms with E-state index in [1.807, 2.05) is 5.38 Å². The first-order chi connectivity index (χ1) is 7.20. The lowest BCUT2D eigenvalue weighted by atomic mass is 10.1. The fourth-order valence-corrected chi connectivity index (χ4v) is 2.31. The largest absolute Gasteiger partial charge is 0.289 e. The lowest BCUT2D eigenvalue weighted by Gasteiger charge is -2.02. The summed E-state index contributed by atoms with van der Waals surface area (Å²) < 4.78 is 13.4. The molecule has 4 heteroatoms. The maximum absolute atomic E-state index is 13.2. The van der Waals surface area contributed by atoms with Crippen LogP contribution in [0, 0.1) is 5.82 Å². The Morgan fingerprint density at radius 3 is 2.80 bits per heavy atom. The molecule has 1 aromatic heterocycles. The molecular formula is C11H6BrFOS. The Bertz CT molecular complexity index is 493. The molecule has 0 radical (unpaired) electrons. The van der Waals surface area contributed by atoms with E-state index in [-0.39, 0.29) is 10.3 Å². The van der Waals surface area contributed by atoms with E-state index < -0.39 is 5.82 Å². The van der Waals surface area contributed by atoms with Gasteiger partial charge in [0.2, 0.25) is 0 Å². The Labute approximate surface area is 98.7 Å². The van der Waals surface area contributed by atoms with E-state index >= 15 is 0 Å². The molecule has 76 valence electrons. The zero-order valence-electron chi connectivity index (χ0n) is 7.54. The van der Waals surface area contributed by atoms with E-state index in [4.69, 9.17) is 0 Å². The van der Waals surface area contributed by atoms with Crippen LogP contribution in [0.25, 0.3) is 0 Å². The predicted octanol–water partition coefficient (Wildman–Crippen LogP) is 3.88. The van der Waals surface area contributed by atoms with Crippen LogP contribution in [-0.4, -0.2) is 5.78 Å². The first kappa shape index (κ1) is 10.5. The third-order valence-electron chi connectivity index (χ3n) is 1.98. The summed E-state index contributed by atoms with van der Waals surface area (Å²) >= 11 is 4.52. The van der Waals surface area contributed by atoms with Gasteiger partial charge < -0.3 is 0 Å². The van der Waals surface area contributed by atoms with Gasteiger partial charge in [-0.3, -0.25) is 4.79 Å². The minimum absolute atomic E-state index is 0.164. The molecule has 0 aliphatic rings. The number of carbonyl (C=O) groups excluding carboxylic acids is 1. The van der Waals surface area contributed by atoms with Crippen molar-refractivity contribution in [1.82, 2.24) is 0 Å². The molecule has 0 N–H and O–H groups in total. The Balaban J connectivity index is 2.47. The van der Waals surface area contributed by atoms with Crippen LogP contribution in [0.3, 0.4) is 0 Å². The van der Waals surface area contributed by atoms with Crippen LogP contribution in [0.2, 0.25) is 0 Å². The number of halogens is 2. The summed E-state index contributed by atoms with van der Waals surface area (Å²) in [6.45, 7) is 0. The number of thiophene rings is 1. The molecular weight excluding hydrogens is 279 g/mol. The van der Waals surface area contributed by atoms with E-state index in [9.17, 15) is 9.18 Å². The lowest BCUT2D eigenvalue weighted by Crippen LogP contribution is -2.01. The highest BCUT2D eigenvalue weighted by Gasteiger charge is 2.14. The lowest BCUT2D eigenvalue weighted by molar-refractivity contribution is 0.103. The van der Waals surface area contributed by atoms with Gasteiger partial charge in [0.15, 0.2) is 5.78 Å². The molecule has 0 atom stereocenters. The summed E-state index contributed by atoms with van der Waals surface area (Å²) in [6.07, 6.45) is 0. The molecule has 0 spiro atoms. The predicted molar refractivity (Wildman–Crippen MR) is 61.9 cm³/mol. The summed E-state index contributed by atoms with van der Waals surface area (Å²) in [5, 5.41) is 3.57. The molecule has 0 unspecified atom stereocenters. The van der Waals surface area contributed by atoms with Crippen LogP contribution in [0.4, 0.5) is 4.39 Å². The molecule has 0 fully saturated rings. The van der Waals surface area contributed by atoms with Gasteiger partial charge >= 0.3 is 0 Å². The van der Waals surface area contributed by atoms with Crippen molar-refractivity contribution < 1.29 is 9.18 Å². The van der Waals surface area contributed by atoms with Crippen LogP contribution < -0.4 is 0 Å². The second kappa shape index (κ2) is 4.24. The van der Waals surface area contributed by atoms with E-state index in [0.717, 1.165) is 0 Å². The molecule has 0 aliphatic carbocycles. The maximum Gasteiger partial charge on any atom is 0.195 e. The number of hydrogen-bond acceptors (Lipinski definition) is 2. The fraction of sp³-hybridized carbons (Fsp3) is 0. The monoisotopic (exact) mass is 284 g/mol. The number of ketones is 1. The van der Waals surface area contributed by atoms with Crippen LogP contribution in [0.15, 0.2) is 39.5 Å². The maximum atomic E-state index is 13.2. The summed E-state index contributed by atoms with van der Waals surface area (Å²) in [7, 11) is 0. The minimum atomic E-state index is -0.420. The standard InChI is InChI=1S/C11H6BrFOS/c12-10-8(2-1-3-9(10)13)11(14)7-4-5-15-6-7/h1-6H.